The highest BCUT2D eigenvalue weighted by molar-refractivity contribution is 6.02. The van der Waals surface area contributed by atoms with Crippen molar-refractivity contribution in [1.29, 1.82) is 0 Å². The van der Waals surface area contributed by atoms with Crippen LogP contribution in [0.4, 0.5) is 0 Å². The summed E-state index contributed by atoms with van der Waals surface area (Å²) in [5.41, 5.74) is 4.17. The highest BCUT2D eigenvalue weighted by Crippen LogP contribution is 2.38. The van der Waals surface area contributed by atoms with Gasteiger partial charge in [0.25, 0.3) is 0 Å². The fourth-order valence-electron chi connectivity index (χ4n) is 3.43. The highest BCUT2D eigenvalue weighted by Gasteiger charge is 2.24. The van der Waals surface area contributed by atoms with Crippen LogP contribution in [0.3, 0.4) is 0 Å². The van der Waals surface area contributed by atoms with E-state index in [4.69, 9.17) is 4.74 Å². The molecule has 3 aromatic carbocycles. The summed E-state index contributed by atoms with van der Waals surface area (Å²) in [6.45, 7) is 1.86. The Morgan fingerprint density at radius 2 is 1.38 bits per heavy atom. The van der Waals surface area contributed by atoms with Crippen molar-refractivity contribution in [1.82, 2.24) is 0 Å². The van der Waals surface area contributed by atoms with Crippen molar-refractivity contribution >= 4 is 10.8 Å². The van der Waals surface area contributed by atoms with Crippen molar-refractivity contribution in [2.24, 2.45) is 0 Å². The van der Waals surface area contributed by atoms with Crippen LogP contribution in [0, 0.1) is 12.1 Å². The van der Waals surface area contributed by atoms with Crippen LogP contribution in [-0.2, 0) is 0 Å². The maximum Gasteiger partial charge on any atom is 0.232 e. The quantitative estimate of drug-likeness (QED) is 0.383. The molecule has 1 heterocycles. The van der Waals surface area contributed by atoms with Crippen LogP contribution < -0.4 is 9.47 Å². The number of benzene rings is 3. The van der Waals surface area contributed by atoms with E-state index in [1.54, 1.807) is 7.11 Å². The molecule has 0 aliphatic rings. The first-order chi connectivity index (χ1) is 12.7. The van der Waals surface area contributed by atoms with Gasteiger partial charge in [0.1, 0.15) is 5.75 Å². The molecule has 0 atom stereocenters. The zero-order chi connectivity index (χ0) is 18.1. The van der Waals surface area contributed by atoms with E-state index in [0.717, 1.165) is 37.9 Å². The number of pyridine rings is 1. The smallest absolute Gasteiger partial charge is 0.232 e. The van der Waals surface area contributed by atoms with Gasteiger partial charge in [0.15, 0.2) is 5.69 Å². The third-order valence-electron chi connectivity index (χ3n) is 4.74. The lowest BCUT2D eigenvalue weighted by molar-refractivity contribution is -0.598. The molecular formula is C23H19NO2. The monoisotopic (exact) mass is 341 g/mol. The van der Waals surface area contributed by atoms with E-state index in [0.29, 0.717) is 11.4 Å². The molecule has 128 valence electrons. The molecule has 0 saturated heterocycles. The van der Waals surface area contributed by atoms with Gasteiger partial charge in [0.05, 0.1) is 18.1 Å². The van der Waals surface area contributed by atoms with Crippen LogP contribution in [0.2, 0.25) is 0 Å². The second-order valence-corrected chi connectivity index (χ2v) is 6.25. The van der Waals surface area contributed by atoms with Crippen LogP contribution in [0.1, 0.15) is 5.69 Å². The van der Waals surface area contributed by atoms with Crippen molar-refractivity contribution < 1.29 is 9.47 Å². The Balaban J connectivity index is 2.20. The van der Waals surface area contributed by atoms with Gasteiger partial charge in [0, 0.05) is 17.9 Å². The van der Waals surface area contributed by atoms with Crippen molar-refractivity contribution in [3.05, 3.63) is 89.8 Å². The maximum absolute atomic E-state index is 13.2. The van der Waals surface area contributed by atoms with E-state index in [1.165, 1.54) is 0 Å². The predicted molar refractivity (Wildman–Crippen MR) is 105 cm³/mol. The number of fused-ring (bicyclic) bond motifs is 1. The molecule has 4 rings (SSSR count). The number of rotatable bonds is 3. The van der Waals surface area contributed by atoms with Crippen molar-refractivity contribution in [3.8, 4) is 28.1 Å². The molecule has 1 aromatic heterocycles. The van der Waals surface area contributed by atoms with E-state index in [1.807, 2.05) is 85.8 Å². The molecule has 0 unspecified atom stereocenters. The third kappa shape index (κ3) is 2.58. The van der Waals surface area contributed by atoms with Crippen molar-refractivity contribution in [2.75, 3.05) is 7.11 Å². The molecule has 0 bridgehead atoms. The number of aromatic nitrogens is 1. The normalized spacial score (nSPS) is 10.8. The lowest BCUT2D eigenvalue weighted by Crippen LogP contribution is -2.34. The Kier molecular flexibility index (Phi) is 4.05. The van der Waals surface area contributed by atoms with Crippen LogP contribution in [0.25, 0.3) is 33.2 Å². The van der Waals surface area contributed by atoms with Crippen molar-refractivity contribution in [2.45, 2.75) is 6.92 Å². The van der Waals surface area contributed by atoms with Gasteiger partial charge in [-0.05, 0) is 35.9 Å². The first kappa shape index (κ1) is 16.2. The zero-order valence-corrected chi connectivity index (χ0v) is 14.8. The van der Waals surface area contributed by atoms with Crippen LogP contribution in [0.15, 0.2) is 78.9 Å². The van der Waals surface area contributed by atoms with Gasteiger partial charge in [-0.3, -0.25) is 0 Å². The largest absolute Gasteiger partial charge is 0.618 e. The summed E-state index contributed by atoms with van der Waals surface area (Å²) in [5.74, 6) is 0.775. The summed E-state index contributed by atoms with van der Waals surface area (Å²) in [4.78, 5) is 0. The first-order valence-corrected chi connectivity index (χ1v) is 8.55. The van der Waals surface area contributed by atoms with Gasteiger partial charge in [-0.1, -0.05) is 48.5 Å². The lowest BCUT2D eigenvalue weighted by Gasteiger charge is -2.17. The summed E-state index contributed by atoms with van der Waals surface area (Å²) in [6.07, 6.45) is 0. The Morgan fingerprint density at radius 1 is 0.769 bits per heavy atom. The molecule has 4 aromatic rings. The van der Waals surface area contributed by atoms with Gasteiger partial charge in [-0.15, -0.1) is 0 Å². The number of ether oxygens (including phenoxy) is 1. The molecular weight excluding hydrogens is 322 g/mol. The minimum Gasteiger partial charge on any atom is -0.618 e. The summed E-state index contributed by atoms with van der Waals surface area (Å²) in [7, 11) is 1.66. The third-order valence-corrected chi connectivity index (χ3v) is 4.74. The molecule has 0 aliphatic heterocycles. The van der Waals surface area contributed by atoms with Crippen LogP contribution in [0.5, 0.6) is 5.75 Å². The number of hydrogen-bond acceptors (Lipinski definition) is 2. The van der Waals surface area contributed by atoms with E-state index >= 15 is 0 Å². The minimum absolute atomic E-state index is 0.662. The van der Waals surface area contributed by atoms with Crippen LogP contribution in [-0.4, -0.2) is 7.11 Å². The predicted octanol–water partition coefficient (Wildman–Crippen LogP) is 5.12. The number of aryl methyl sites for hydroxylation is 1. The summed E-state index contributed by atoms with van der Waals surface area (Å²) in [6, 6.07) is 25.7. The SMILES string of the molecule is COc1ccc2c(C)[n+]([O-])c(-c3ccccc3)c(-c3ccccc3)c2c1. The molecule has 0 aliphatic carbocycles. The Hall–Kier alpha value is -3.33. The van der Waals surface area contributed by atoms with Crippen molar-refractivity contribution in [3.63, 3.8) is 0 Å². The van der Waals surface area contributed by atoms with Crippen LogP contribution >= 0.6 is 0 Å². The average Bonchev–Trinajstić information content (AvgIpc) is 2.71. The number of nitrogens with zero attached hydrogens (tertiary/aromatic N) is 1. The average molecular weight is 341 g/mol. The zero-order valence-electron chi connectivity index (χ0n) is 14.8. The summed E-state index contributed by atoms with van der Waals surface area (Å²) < 4.78 is 6.49. The standard InChI is InChI=1S/C23H19NO2/c1-16-20-14-13-19(26-2)15-21(20)22(17-9-5-3-6-10-17)23(24(16)25)18-11-7-4-8-12-18/h3-15H,1-2H3. The molecule has 0 fully saturated rings. The minimum atomic E-state index is 0.662. The van der Waals surface area contributed by atoms with Gasteiger partial charge in [0.2, 0.25) is 5.69 Å². The number of methoxy groups -OCH3 is 1. The van der Waals surface area contributed by atoms with E-state index < -0.39 is 0 Å². The Morgan fingerprint density at radius 3 is 2.00 bits per heavy atom. The maximum atomic E-state index is 13.2. The lowest BCUT2D eigenvalue weighted by atomic mass is 9.93. The molecule has 0 radical (unpaired) electrons. The highest BCUT2D eigenvalue weighted by atomic mass is 16.5. The molecule has 3 nitrogen and oxygen atoms in total. The van der Waals surface area contributed by atoms with Gasteiger partial charge in [-0.2, -0.15) is 4.73 Å². The molecule has 0 saturated carbocycles. The number of hydrogen-bond donors (Lipinski definition) is 0. The summed E-state index contributed by atoms with van der Waals surface area (Å²) in [5, 5.41) is 15.2. The first-order valence-electron chi connectivity index (χ1n) is 8.55. The second-order valence-electron chi connectivity index (χ2n) is 6.25. The topological polar surface area (TPSA) is 36.2 Å². The van der Waals surface area contributed by atoms with E-state index in [2.05, 4.69) is 0 Å². The molecule has 3 heteroatoms. The fraction of sp³-hybridized carbons (Fsp3) is 0.0870. The molecule has 0 N–H and O–H groups in total. The molecule has 0 spiro atoms. The Labute approximate surface area is 152 Å². The molecule has 26 heavy (non-hydrogen) atoms. The van der Waals surface area contributed by atoms with E-state index in [-0.39, 0.29) is 0 Å². The fourth-order valence-corrected chi connectivity index (χ4v) is 3.43. The van der Waals surface area contributed by atoms with E-state index in [9.17, 15) is 5.21 Å². The van der Waals surface area contributed by atoms with Gasteiger partial charge >= 0.3 is 0 Å². The second kappa shape index (κ2) is 6.52. The summed E-state index contributed by atoms with van der Waals surface area (Å²) >= 11 is 0. The Bertz CT molecular complexity index is 1070. The van der Waals surface area contributed by atoms with Gasteiger partial charge in [-0.25, -0.2) is 0 Å². The van der Waals surface area contributed by atoms with Gasteiger partial charge < -0.3 is 9.94 Å². The molecule has 0 amide bonds.